The Labute approximate surface area is 165 Å². The highest BCUT2D eigenvalue weighted by atomic mass is 16.2. The number of piperazine rings is 1. The van der Waals surface area contributed by atoms with E-state index in [1.165, 1.54) is 5.56 Å². The summed E-state index contributed by atoms with van der Waals surface area (Å²) >= 11 is 0. The van der Waals surface area contributed by atoms with Crippen molar-refractivity contribution in [3.63, 3.8) is 0 Å². The molecule has 8 nitrogen and oxygen atoms in total. The topological polar surface area (TPSA) is 82.5 Å². The third kappa shape index (κ3) is 4.96. The van der Waals surface area contributed by atoms with Gasteiger partial charge in [0, 0.05) is 52.0 Å². The number of likely N-dealkylation sites (N-methyl/N-ethyl adjacent to an activating group) is 1. The van der Waals surface area contributed by atoms with Crippen LogP contribution in [0.25, 0.3) is 0 Å². The van der Waals surface area contributed by atoms with Gasteiger partial charge in [-0.3, -0.25) is 24.1 Å². The van der Waals surface area contributed by atoms with Gasteiger partial charge >= 0.3 is 0 Å². The third-order valence-corrected chi connectivity index (χ3v) is 5.10. The molecule has 1 aliphatic rings. The molecule has 0 aliphatic carbocycles. The van der Waals surface area contributed by atoms with Gasteiger partial charge in [-0.1, -0.05) is 30.3 Å². The number of amides is 2. The number of nitrogens with zero attached hydrogens (tertiary/aromatic N) is 4. The van der Waals surface area contributed by atoms with Crippen LogP contribution in [0.15, 0.2) is 36.4 Å². The van der Waals surface area contributed by atoms with Gasteiger partial charge in [0.15, 0.2) is 5.82 Å². The largest absolute Gasteiger partial charge is 0.358 e. The molecule has 0 bridgehead atoms. The predicted molar refractivity (Wildman–Crippen MR) is 108 cm³/mol. The molecule has 8 heteroatoms. The highest BCUT2D eigenvalue weighted by molar-refractivity contribution is 5.92. The molecule has 1 aromatic carbocycles. The molecule has 2 N–H and O–H groups in total. The molecule has 0 radical (unpaired) electrons. The second kappa shape index (κ2) is 8.99. The smallest absolute Gasteiger partial charge is 0.239 e. The van der Waals surface area contributed by atoms with Crippen LogP contribution in [0.3, 0.4) is 0 Å². The Morgan fingerprint density at radius 3 is 2.61 bits per heavy atom. The van der Waals surface area contributed by atoms with Gasteiger partial charge in [0.05, 0.1) is 6.54 Å². The van der Waals surface area contributed by atoms with Gasteiger partial charge in [-0.25, -0.2) is 0 Å². The molecule has 2 aromatic rings. The fourth-order valence-electron chi connectivity index (χ4n) is 3.46. The minimum Gasteiger partial charge on any atom is -0.358 e. The standard InChI is InChI=1S/C20H28N6O2/c1-15-11-18(23-24(15)3)22-19(27)14-26-10-9-25(13-17(26)20(28)21-2)12-16-7-5-4-6-8-16/h4-8,11,17H,9-10,12-14H2,1-3H3,(H,21,28)(H,22,23,27). The highest BCUT2D eigenvalue weighted by Crippen LogP contribution is 2.14. The van der Waals surface area contributed by atoms with Gasteiger partial charge in [0.25, 0.3) is 0 Å². The number of benzene rings is 1. The Morgan fingerprint density at radius 1 is 1.21 bits per heavy atom. The second-order valence-electron chi connectivity index (χ2n) is 7.16. The predicted octanol–water partition coefficient (Wildman–Crippen LogP) is 0.599. The Kier molecular flexibility index (Phi) is 6.43. The van der Waals surface area contributed by atoms with Crippen molar-refractivity contribution in [1.29, 1.82) is 0 Å². The van der Waals surface area contributed by atoms with E-state index in [1.807, 2.05) is 43.1 Å². The minimum absolute atomic E-state index is 0.0701. The summed E-state index contributed by atoms with van der Waals surface area (Å²) in [6.07, 6.45) is 0. The quantitative estimate of drug-likeness (QED) is 0.762. The zero-order valence-corrected chi connectivity index (χ0v) is 16.7. The van der Waals surface area contributed by atoms with Crippen LogP contribution in [0, 0.1) is 6.92 Å². The van der Waals surface area contributed by atoms with Crippen molar-refractivity contribution in [2.24, 2.45) is 7.05 Å². The van der Waals surface area contributed by atoms with Gasteiger partial charge in [-0.15, -0.1) is 0 Å². The van der Waals surface area contributed by atoms with Crippen LogP contribution in [0.5, 0.6) is 0 Å². The van der Waals surface area contributed by atoms with Crippen LogP contribution >= 0.6 is 0 Å². The lowest BCUT2D eigenvalue weighted by atomic mass is 10.1. The summed E-state index contributed by atoms with van der Waals surface area (Å²) in [5, 5.41) is 9.80. The number of nitrogens with one attached hydrogen (secondary N) is 2. The molecule has 1 unspecified atom stereocenters. The lowest BCUT2D eigenvalue weighted by Gasteiger charge is -2.40. The summed E-state index contributed by atoms with van der Waals surface area (Å²) < 4.78 is 1.71. The zero-order valence-electron chi connectivity index (χ0n) is 16.7. The third-order valence-electron chi connectivity index (χ3n) is 5.10. The van der Waals surface area contributed by atoms with Gasteiger partial charge < -0.3 is 10.6 Å². The SMILES string of the molecule is CNC(=O)C1CN(Cc2ccccc2)CCN1CC(=O)Nc1cc(C)n(C)n1. The first-order valence-electron chi connectivity index (χ1n) is 9.48. The molecule has 1 fully saturated rings. The number of aromatic nitrogens is 2. The molecule has 1 aliphatic heterocycles. The molecule has 28 heavy (non-hydrogen) atoms. The van der Waals surface area contributed by atoms with Crippen molar-refractivity contribution in [3.05, 3.63) is 47.7 Å². The van der Waals surface area contributed by atoms with E-state index in [4.69, 9.17) is 0 Å². The molecule has 0 saturated carbocycles. The summed E-state index contributed by atoms with van der Waals surface area (Å²) in [6.45, 7) is 4.92. The van der Waals surface area contributed by atoms with E-state index < -0.39 is 0 Å². The van der Waals surface area contributed by atoms with E-state index in [0.29, 0.717) is 18.9 Å². The Balaban J connectivity index is 1.61. The molecule has 2 amide bonds. The monoisotopic (exact) mass is 384 g/mol. The van der Waals surface area contributed by atoms with Gasteiger partial charge in [-0.2, -0.15) is 5.10 Å². The van der Waals surface area contributed by atoms with Crippen LogP contribution in [0.4, 0.5) is 5.82 Å². The van der Waals surface area contributed by atoms with Gasteiger partial charge in [0.2, 0.25) is 11.8 Å². The van der Waals surface area contributed by atoms with Crippen molar-refractivity contribution in [3.8, 4) is 0 Å². The van der Waals surface area contributed by atoms with E-state index in [0.717, 1.165) is 18.8 Å². The number of rotatable bonds is 6. The van der Waals surface area contributed by atoms with Crippen molar-refractivity contribution in [2.75, 3.05) is 38.5 Å². The number of hydrogen-bond acceptors (Lipinski definition) is 5. The van der Waals surface area contributed by atoms with Crippen LogP contribution in [0.1, 0.15) is 11.3 Å². The summed E-state index contributed by atoms with van der Waals surface area (Å²) in [4.78, 5) is 29.1. The highest BCUT2D eigenvalue weighted by Gasteiger charge is 2.33. The summed E-state index contributed by atoms with van der Waals surface area (Å²) in [7, 11) is 3.46. The first-order valence-corrected chi connectivity index (χ1v) is 9.48. The molecule has 150 valence electrons. The van der Waals surface area contributed by atoms with E-state index >= 15 is 0 Å². The maximum absolute atomic E-state index is 12.5. The van der Waals surface area contributed by atoms with Gasteiger partial charge in [-0.05, 0) is 12.5 Å². The lowest BCUT2D eigenvalue weighted by Crippen LogP contribution is -2.59. The second-order valence-corrected chi connectivity index (χ2v) is 7.16. The number of anilines is 1. The molecular weight excluding hydrogens is 356 g/mol. The summed E-state index contributed by atoms with van der Waals surface area (Å²) in [6, 6.07) is 11.7. The average molecular weight is 384 g/mol. The first kappa shape index (κ1) is 20.0. The normalized spacial score (nSPS) is 18.0. The van der Waals surface area contributed by atoms with Crippen LogP contribution in [0.2, 0.25) is 0 Å². The van der Waals surface area contributed by atoms with Crippen molar-refractivity contribution >= 4 is 17.6 Å². The number of carbonyl (C=O) groups is 2. The lowest BCUT2D eigenvalue weighted by molar-refractivity contribution is -0.130. The maximum Gasteiger partial charge on any atom is 0.239 e. The Bertz CT molecular complexity index is 800. The van der Waals surface area contributed by atoms with E-state index in [-0.39, 0.29) is 24.4 Å². The van der Waals surface area contributed by atoms with Gasteiger partial charge in [0.1, 0.15) is 6.04 Å². The van der Waals surface area contributed by atoms with Crippen molar-refractivity contribution in [1.82, 2.24) is 24.9 Å². The minimum atomic E-state index is -0.362. The van der Waals surface area contributed by atoms with Crippen LogP contribution in [-0.4, -0.2) is 70.7 Å². The van der Waals surface area contributed by atoms with Crippen LogP contribution < -0.4 is 10.6 Å². The first-order chi connectivity index (χ1) is 13.5. The Morgan fingerprint density at radius 2 is 1.96 bits per heavy atom. The molecule has 3 rings (SSSR count). The van der Waals surface area contributed by atoms with E-state index in [9.17, 15) is 9.59 Å². The fraction of sp³-hybridized carbons (Fsp3) is 0.450. The maximum atomic E-state index is 12.5. The molecule has 1 atom stereocenters. The number of hydrogen-bond donors (Lipinski definition) is 2. The zero-order chi connectivity index (χ0) is 20.1. The fourth-order valence-corrected chi connectivity index (χ4v) is 3.46. The average Bonchev–Trinajstić information content (AvgIpc) is 3.00. The molecule has 1 aromatic heterocycles. The number of carbonyl (C=O) groups excluding carboxylic acids is 2. The molecule has 1 saturated heterocycles. The molecule has 2 heterocycles. The summed E-state index contributed by atoms with van der Waals surface area (Å²) in [5.74, 6) is 0.298. The number of aryl methyl sites for hydroxylation is 2. The van der Waals surface area contributed by atoms with E-state index in [1.54, 1.807) is 11.7 Å². The van der Waals surface area contributed by atoms with Crippen LogP contribution in [-0.2, 0) is 23.2 Å². The Hall–Kier alpha value is -2.71. The summed E-state index contributed by atoms with van der Waals surface area (Å²) in [5.41, 5.74) is 2.18. The van der Waals surface area contributed by atoms with E-state index in [2.05, 4.69) is 32.8 Å². The molecular formula is C20H28N6O2. The van der Waals surface area contributed by atoms with Crippen molar-refractivity contribution < 1.29 is 9.59 Å². The van der Waals surface area contributed by atoms with Crippen molar-refractivity contribution in [2.45, 2.75) is 19.5 Å². The molecule has 0 spiro atoms.